The maximum atomic E-state index is 5.99. The number of nitrogens with zero attached hydrogens (tertiary/aromatic N) is 3. The Morgan fingerprint density at radius 3 is 2.50 bits per heavy atom. The molecule has 0 bridgehead atoms. The first-order valence-corrected chi connectivity index (χ1v) is 10.1. The van der Waals surface area contributed by atoms with Crippen molar-refractivity contribution in [2.45, 2.75) is 65.4 Å². The van der Waals surface area contributed by atoms with Gasteiger partial charge in [-0.05, 0) is 78.7 Å². The highest BCUT2D eigenvalue weighted by molar-refractivity contribution is 5.66. The predicted molar refractivity (Wildman–Crippen MR) is 103 cm³/mol. The molecule has 2 rings (SSSR count). The molecule has 0 spiro atoms. The van der Waals surface area contributed by atoms with E-state index in [4.69, 9.17) is 9.73 Å². The molecule has 0 aromatic rings. The summed E-state index contributed by atoms with van der Waals surface area (Å²) >= 11 is 0. The fraction of sp³-hybridized carbons (Fsp3) is 0.950. The van der Waals surface area contributed by atoms with Gasteiger partial charge < -0.3 is 14.5 Å². The molecule has 2 heterocycles. The van der Waals surface area contributed by atoms with Gasteiger partial charge in [0.05, 0.1) is 5.60 Å². The van der Waals surface area contributed by atoms with Crippen LogP contribution in [0.15, 0.2) is 4.99 Å². The fourth-order valence-corrected chi connectivity index (χ4v) is 4.37. The Labute approximate surface area is 149 Å². The van der Waals surface area contributed by atoms with Crippen LogP contribution in [0.1, 0.15) is 59.8 Å². The van der Waals surface area contributed by atoms with Gasteiger partial charge in [0.1, 0.15) is 0 Å². The zero-order chi connectivity index (χ0) is 17.5. The van der Waals surface area contributed by atoms with Crippen molar-refractivity contribution in [2.75, 3.05) is 52.4 Å². The maximum Gasteiger partial charge on any atom is 0.0635 e. The van der Waals surface area contributed by atoms with Crippen LogP contribution >= 0.6 is 0 Å². The molecule has 0 saturated carbocycles. The fourth-order valence-electron chi connectivity index (χ4n) is 4.37. The van der Waals surface area contributed by atoms with Crippen LogP contribution in [-0.4, -0.2) is 74.0 Å². The Hall–Kier alpha value is -0.450. The summed E-state index contributed by atoms with van der Waals surface area (Å²) in [5.74, 6) is 0. The number of hydrogen-bond donors (Lipinski definition) is 0. The van der Waals surface area contributed by atoms with Gasteiger partial charge >= 0.3 is 0 Å². The molecule has 4 heteroatoms. The topological polar surface area (TPSA) is 28.1 Å². The van der Waals surface area contributed by atoms with Gasteiger partial charge in [0, 0.05) is 31.3 Å². The smallest absolute Gasteiger partial charge is 0.0635 e. The van der Waals surface area contributed by atoms with Gasteiger partial charge in [-0.2, -0.15) is 0 Å². The van der Waals surface area contributed by atoms with Crippen LogP contribution in [0.25, 0.3) is 0 Å². The zero-order valence-corrected chi connectivity index (χ0v) is 16.5. The molecule has 2 aliphatic heterocycles. The summed E-state index contributed by atoms with van der Waals surface area (Å²) in [7, 11) is 0. The van der Waals surface area contributed by atoms with Crippen molar-refractivity contribution in [3.8, 4) is 0 Å². The van der Waals surface area contributed by atoms with E-state index in [0.717, 1.165) is 52.0 Å². The highest BCUT2D eigenvalue weighted by atomic mass is 16.5. The van der Waals surface area contributed by atoms with Crippen LogP contribution in [0.2, 0.25) is 0 Å². The van der Waals surface area contributed by atoms with Gasteiger partial charge in [0.25, 0.3) is 0 Å². The number of hydrogen-bond acceptors (Lipinski definition) is 4. The van der Waals surface area contributed by atoms with Crippen LogP contribution in [-0.2, 0) is 4.74 Å². The third kappa shape index (κ3) is 6.12. The first-order chi connectivity index (χ1) is 11.5. The van der Waals surface area contributed by atoms with Crippen LogP contribution in [0.5, 0.6) is 0 Å². The lowest BCUT2D eigenvalue weighted by molar-refractivity contribution is -0.0897. The molecule has 0 aromatic heterocycles. The van der Waals surface area contributed by atoms with Crippen molar-refractivity contribution in [3.63, 3.8) is 0 Å². The monoisotopic (exact) mass is 337 g/mol. The molecule has 4 nitrogen and oxygen atoms in total. The van der Waals surface area contributed by atoms with Gasteiger partial charge in [-0.1, -0.05) is 13.8 Å². The Bertz CT molecular complexity index is 386. The lowest BCUT2D eigenvalue weighted by Crippen LogP contribution is -2.48. The van der Waals surface area contributed by atoms with Crippen LogP contribution < -0.4 is 0 Å². The molecule has 0 aliphatic carbocycles. The van der Waals surface area contributed by atoms with Crippen molar-refractivity contribution in [1.82, 2.24) is 9.80 Å². The Kier molecular flexibility index (Phi) is 7.70. The summed E-state index contributed by atoms with van der Waals surface area (Å²) in [6, 6.07) is 0. The van der Waals surface area contributed by atoms with Crippen molar-refractivity contribution in [2.24, 2.45) is 10.4 Å². The summed E-state index contributed by atoms with van der Waals surface area (Å²) in [5.41, 5.74) is 0.187. The second-order valence-corrected chi connectivity index (χ2v) is 8.30. The standard InChI is InChI=1S/C20H39N3O/c1-5-22(6-2)14-9-11-21-17-20(18-23-12-7-8-13-23)10-15-24-19(3,4)16-20/h17H,5-16,18H2,1-4H3. The predicted octanol–water partition coefficient (Wildman–Crippen LogP) is 3.46. The molecular weight excluding hydrogens is 298 g/mol. The Morgan fingerprint density at radius 2 is 1.88 bits per heavy atom. The van der Waals surface area contributed by atoms with Gasteiger partial charge in [0.2, 0.25) is 0 Å². The molecule has 24 heavy (non-hydrogen) atoms. The minimum absolute atomic E-state index is 0.0226. The average Bonchev–Trinajstić information content (AvgIpc) is 3.02. The molecule has 0 radical (unpaired) electrons. The summed E-state index contributed by atoms with van der Waals surface area (Å²) < 4.78 is 5.99. The number of ether oxygens (including phenoxy) is 1. The SMILES string of the molecule is CCN(CC)CCCN=CC1(CN2CCCC2)CCOC(C)(C)C1. The third-order valence-electron chi connectivity index (χ3n) is 5.63. The highest BCUT2D eigenvalue weighted by Crippen LogP contribution is 2.38. The Morgan fingerprint density at radius 1 is 1.17 bits per heavy atom. The van der Waals surface area contributed by atoms with Crippen molar-refractivity contribution in [3.05, 3.63) is 0 Å². The third-order valence-corrected chi connectivity index (χ3v) is 5.63. The van der Waals surface area contributed by atoms with E-state index in [9.17, 15) is 0 Å². The zero-order valence-electron chi connectivity index (χ0n) is 16.5. The second kappa shape index (κ2) is 9.30. The summed E-state index contributed by atoms with van der Waals surface area (Å²) in [5, 5.41) is 0. The molecular formula is C20H39N3O. The lowest BCUT2D eigenvalue weighted by atomic mass is 9.74. The summed E-state index contributed by atoms with van der Waals surface area (Å²) in [6.45, 7) is 17.9. The number of aliphatic imine (C=N–C) groups is 1. The first kappa shape index (κ1) is 19.9. The highest BCUT2D eigenvalue weighted by Gasteiger charge is 2.41. The van der Waals surface area contributed by atoms with Gasteiger partial charge in [-0.3, -0.25) is 4.99 Å². The quantitative estimate of drug-likeness (QED) is 0.476. The normalized spacial score (nSPS) is 28.2. The van der Waals surface area contributed by atoms with Crippen molar-refractivity contribution in [1.29, 1.82) is 0 Å². The van der Waals surface area contributed by atoms with E-state index in [1.54, 1.807) is 0 Å². The molecule has 1 atom stereocenters. The van der Waals surface area contributed by atoms with E-state index in [1.807, 2.05) is 0 Å². The van der Waals surface area contributed by atoms with Gasteiger partial charge in [0.15, 0.2) is 0 Å². The summed E-state index contributed by atoms with van der Waals surface area (Å²) in [6.07, 6.45) is 8.41. The van der Waals surface area contributed by atoms with Crippen LogP contribution in [0, 0.1) is 5.41 Å². The maximum absolute atomic E-state index is 5.99. The first-order valence-electron chi connectivity index (χ1n) is 10.1. The average molecular weight is 338 g/mol. The molecule has 0 aromatic carbocycles. The lowest BCUT2D eigenvalue weighted by Gasteiger charge is -2.44. The minimum atomic E-state index is -0.0226. The number of likely N-dealkylation sites (tertiary alicyclic amines) is 1. The van der Waals surface area contributed by atoms with Gasteiger partial charge in [-0.25, -0.2) is 0 Å². The second-order valence-electron chi connectivity index (χ2n) is 8.30. The molecule has 2 saturated heterocycles. The molecule has 2 fully saturated rings. The van der Waals surface area contributed by atoms with E-state index in [-0.39, 0.29) is 11.0 Å². The van der Waals surface area contributed by atoms with Gasteiger partial charge in [-0.15, -0.1) is 0 Å². The van der Waals surface area contributed by atoms with E-state index >= 15 is 0 Å². The van der Waals surface area contributed by atoms with E-state index < -0.39 is 0 Å². The number of rotatable bonds is 9. The van der Waals surface area contributed by atoms with Crippen molar-refractivity contribution < 1.29 is 4.74 Å². The van der Waals surface area contributed by atoms with E-state index in [2.05, 4.69) is 43.7 Å². The van der Waals surface area contributed by atoms with Crippen molar-refractivity contribution >= 4 is 6.21 Å². The molecule has 0 N–H and O–H groups in total. The molecule has 1 unspecified atom stereocenters. The van der Waals surface area contributed by atoms with E-state index in [1.165, 1.54) is 32.5 Å². The molecule has 0 amide bonds. The molecule has 140 valence electrons. The summed E-state index contributed by atoms with van der Waals surface area (Å²) in [4.78, 5) is 10.0. The van der Waals surface area contributed by atoms with Crippen LogP contribution in [0.3, 0.4) is 0 Å². The van der Waals surface area contributed by atoms with Crippen LogP contribution in [0.4, 0.5) is 0 Å². The minimum Gasteiger partial charge on any atom is -0.376 e. The largest absolute Gasteiger partial charge is 0.376 e. The Balaban J connectivity index is 1.91. The van der Waals surface area contributed by atoms with E-state index in [0.29, 0.717) is 0 Å². The molecule has 2 aliphatic rings.